The van der Waals surface area contributed by atoms with Gasteiger partial charge in [-0.2, -0.15) is 0 Å². The number of likely N-dealkylation sites (N-methyl/N-ethyl adjacent to an activating group) is 1. The number of nitrogens with one attached hydrogen (secondary N) is 2. The van der Waals surface area contributed by atoms with E-state index in [1.807, 2.05) is 45.2 Å². The fraction of sp³-hybridized carbons (Fsp3) is 0.579. The lowest BCUT2D eigenvalue weighted by molar-refractivity contribution is -0.132. The van der Waals surface area contributed by atoms with Crippen molar-refractivity contribution in [2.24, 2.45) is 4.99 Å². The Bertz CT molecular complexity index is 621. The zero-order valence-electron chi connectivity index (χ0n) is 16.1. The maximum absolute atomic E-state index is 11.6. The van der Waals surface area contributed by atoms with Crippen LogP contribution in [-0.4, -0.2) is 62.7 Å². The third-order valence-electron chi connectivity index (χ3n) is 4.20. The normalized spacial score (nSPS) is 19.1. The molecular weight excluding hydrogens is 332 g/mol. The van der Waals surface area contributed by atoms with E-state index in [1.54, 1.807) is 12.0 Å². The van der Waals surface area contributed by atoms with Gasteiger partial charge in [0.15, 0.2) is 5.96 Å². The van der Waals surface area contributed by atoms with Crippen LogP contribution < -0.4 is 20.1 Å². The molecule has 0 saturated carbocycles. The predicted octanol–water partition coefficient (Wildman–Crippen LogP) is 1.64. The number of piperidine rings is 1. The first-order valence-electron chi connectivity index (χ1n) is 9.11. The van der Waals surface area contributed by atoms with Gasteiger partial charge in [-0.05, 0) is 32.4 Å². The number of guanidine groups is 1. The van der Waals surface area contributed by atoms with Gasteiger partial charge in [-0.15, -0.1) is 0 Å². The van der Waals surface area contributed by atoms with Crippen molar-refractivity contribution in [3.8, 4) is 11.5 Å². The molecule has 7 heteroatoms. The van der Waals surface area contributed by atoms with Crippen molar-refractivity contribution in [2.45, 2.75) is 38.8 Å². The minimum Gasteiger partial charge on any atom is -0.497 e. The summed E-state index contributed by atoms with van der Waals surface area (Å²) in [5, 5.41) is 6.67. The second-order valence-corrected chi connectivity index (χ2v) is 6.48. The summed E-state index contributed by atoms with van der Waals surface area (Å²) in [6.45, 7) is 6.01. The second kappa shape index (κ2) is 9.89. The molecule has 0 bridgehead atoms. The molecular formula is C19H30N4O3. The number of likely N-dealkylation sites (tertiary alicyclic amines) is 1. The van der Waals surface area contributed by atoms with Gasteiger partial charge in [-0.25, -0.2) is 4.99 Å². The van der Waals surface area contributed by atoms with Gasteiger partial charge in [0.2, 0.25) is 5.91 Å². The molecule has 2 unspecified atom stereocenters. The van der Waals surface area contributed by atoms with Crippen LogP contribution in [0.25, 0.3) is 0 Å². The summed E-state index contributed by atoms with van der Waals surface area (Å²) in [5.74, 6) is 2.48. The van der Waals surface area contributed by atoms with Crippen LogP contribution in [-0.2, 0) is 4.79 Å². The lowest BCUT2D eigenvalue weighted by Gasteiger charge is -2.31. The molecule has 1 saturated heterocycles. The SMILES string of the molecule is CCNC(=NCC(C)Oc1cccc(OC)c1)NC1CCC(=O)N(C)C1. The summed E-state index contributed by atoms with van der Waals surface area (Å²) in [6, 6.07) is 7.76. The lowest BCUT2D eigenvalue weighted by atomic mass is 10.1. The Morgan fingerprint density at radius 3 is 2.88 bits per heavy atom. The monoisotopic (exact) mass is 362 g/mol. The molecule has 1 amide bonds. The first kappa shape index (κ1) is 19.9. The van der Waals surface area contributed by atoms with Crippen molar-refractivity contribution in [2.75, 3.05) is 33.8 Å². The van der Waals surface area contributed by atoms with Crippen molar-refractivity contribution in [1.29, 1.82) is 0 Å². The van der Waals surface area contributed by atoms with Crippen LogP contribution >= 0.6 is 0 Å². The number of ether oxygens (including phenoxy) is 2. The highest BCUT2D eigenvalue weighted by Gasteiger charge is 2.23. The summed E-state index contributed by atoms with van der Waals surface area (Å²) < 4.78 is 11.1. The van der Waals surface area contributed by atoms with E-state index in [2.05, 4.69) is 15.6 Å². The Kier molecular flexibility index (Phi) is 7.56. The van der Waals surface area contributed by atoms with Gasteiger partial charge >= 0.3 is 0 Å². The van der Waals surface area contributed by atoms with Gasteiger partial charge in [-0.1, -0.05) is 6.07 Å². The van der Waals surface area contributed by atoms with Crippen LogP contribution in [0, 0.1) is 0 Å². The van der Waals surface area contributed by atoms with Gasteiger partial charge in [0.25, 0.3) is 0 Å². The van der Waals surface area contributed by atoms with E-state index in [0.717, 1.165) is 30.4 Å². The average molecular weight is 362 g/mol. The van der Waals surface area contributed by atoms with E-state index in [0.29, 0.717) is 19.5 Å². The van der Waals surface area contributed by atoms with Gasteiger partial charge in [0.05, 0.1) is 13.7 Å². The second-order valence-electron chi connectivity index (χ2n) is 6.48. The summed E-state index contributed by atoms with van der Waals surface area (Å²) >= 11 is 0. The number of carbonyl (C=O) groups excluding carboxylic acids is 1. The van der Waals surface area contributed by atoms with E-state index in [9.17, 15) is 4.79 Å². The molecule has 1 heterocycles. The molecule has 1 fully saturated rings. The van der Waals surface area contributed by atoms with Crippen molar-refractivity contribution < 1.29 is 14.3 Å². The Morgan fingerprint density at radius 1 is 1.42 bits per heavy atom. The molecule has 0 radical (unpaired) electrons. The Hall–Kier alpha value is -2.44. The van der Waals surface area contributed by atoms with E-state index >= 15 is 0 Å². The Labute approximate surface area is 155 Å². The Balaban J connectivity index is 1.89. The molecule has 1 aliphatic rings. The zero-order valence-corrected chi connectivity index (χ0v) is 16.1. The highest BCUT2D eigenvalue weighted by Crippen LogP contribution is 2.20. The van der Waals surface area contributed by atoms with Crippen LogP contribution in [0.3, 0.4) is 0 Å². The lowest BCUT2D eigenvalue weighted by Crippen LogP contribution is -2.51. The van der Waals surface area contributed by atoms with Crippen molar-refractivity contribution in [3.63, 3.8) is 0 Å². The number of benzene rings is 1. The number of methoxy groups -OCH3 is 1. The van der Waals surface area contributed by atoms with Crippen LogP contribution in [0.4, 0.5) is 0 Å². The summed E-state index contributed by atoms with van der Waals surface area (Å²) in [5.41, 5.74) is 0. The van der Waals surface area contributed by atoms with E-state index < -0.39 is 0 Å². The highest BCUT2D eigenvalue weighted by atomic mass is 16.5. The van der Waals surface area contributed by atoms with Crippen LogP contribution in [0.1, 0.15) is 26.7 Å². The molecule has 0 aromatic heterocycles. The minimum atomic E-state index is -0.0758. The molecule has 2 N–H and O–H groups in total. The maximum atomic E-state index is 11.6. The molecule has 2 rings (SSSR count). The van der Waals surface area contributed by atoms with Crippen LogP contribution in [0.15, 0.2) is 29.3 Å². The first-order chi connectivity index (χ1) is 12.5. The number of hydrogen-bond donors (Lipinski definition) is 2. The van der Waals surface area contributed by atoms with E-state index in [4.69, 9.17) is 9.47 Å². The quantitative estimate of drug-likeness (QED) is 0.570. The number of carbonyl (C=O) groups is 1. The first-order valence-corrected chi connectivity index (χ1v) is 9.11. The fourth-order valence-electron chi connectivity index (χ4n) is 2.81. The van der Waals surface area contributed by atoms with Crippen LogP contribution in [0.5, 0.6) is 11.5 Å². The van der Waals surface area contributed by atoms with Crippen LogP contribution in [0.2, 0.25) is 0 Å². The summed E-state index contributed by atoms with van der Waals surface area (Å²) in [4.78, 5) is 18.0. The average Bonchev–Trinajstić information content (AvgIpc) is 2.63. The van der Waals surface area contributed by atoms with Gasteiger partial charge in [-0.3, -0.25) is 4.79 Å². The number of rotatable bonds is 7. The minimum absolute atomic E-state index is 0.0758. The third-order valence-corrected chi connectivity index (χ3v) is 4.20. The standard InChI is InChI=1S/C19H30N4O3/c1-5-20-19(22-15-9-10-18(24)23(3)13-15)21-12-14(2)26-17-8-6-7-16(11-17)25-4/h6-8,11,14-15H,5,9-10,12-13H2,1-4H3,(H2,20,21,22). The Morgan fingerprint density at radius 2 is 2.19 bits per heavy atom. The highest BCUT2D eigenvalue weighted by molar-refractivity contribution is 5.81. The molecule has 0 aliphatic carbocycles. The predicted molar refractivity (Wildman–Crippen MR) is 103 cm³/mol. The molecule has 1 aliphatic heterocycles. The fourth-order valence-corrected chi connectivity index (χ4v) is 2.81. The van der Waals surface area contributed by atoms with Gasteiger partial charge in [0.1, 0.15) is 17.6 Å². The largest absolute Gasteiger partial charge is 0.497 e. The molecule has 1 aromatic rings. The van der Waals surface area contributed by atoms with Gasteiger partial charge < -0.3 is 25.0 Å². The zero-order chi connectivity index (χ0) is 18.9. The smallest absolute Gasteiger partial charge is 0.222 e. The molecule has 144 valence electrons. The number of amides is 1. The molecule has 26 heavy (non-hydrogen) atoms. The number of aliphatic imine (C=N–C) groups is 1. The molecule has 1 aromatic carbocycles. The van der Waals surface area contributed by atoms with E-state index in [-0.39, 0.29) is 18.1 Å². The number of nitrogens with zero attached hydrogens (tertiary/aromatic N) is 2. The molecule has 2 atom stereocenters. The van der Waals surface area contributed by atoms with E-state index in [1.165, 1.54) is 0 Å². The summed E-state index contributed by atoms with van der Waals surface area (Å²) in [6.07, 6.45) is 1.32. The third kappa shape index (κ3) is 6.13. The van der Waals surface area contributed by atoms with Crippen molar-refractivity contribution >= 4 is 11.9 Å². The molecule has 0 spiro atoms. The van der Waals surface area contributed by atoms with Crippen molar-refractivity contribution in [1.82, 2.24) is 15.5 Å². The number of hydrogen-bond acceptors (Lipinski definition) is 4. The topological polar surface area (TPSA) is 75.2 Å². The summed E-state index contributed by atoms with van der Waals surface area (Å²) in [7, 11) is 3.47. The van der Waals surface area contributed by atoms with Crippen molar-refractivity contribution in [3.05, 3.63) is 24.3 Å². The molecule has 7 nitrogen and oxygen atoms in total. The van der Waals surface area contributed by atoms with Gasteiger partial charge in [0, 0.05) is 38.7 Å². The maximum Gasteiger partial charge on any atom is 0.222 e.